The van der Waals surface area contributed by atoms with Gasteiger partial charge in [-0.2, -0.15) is 0 Å². The Morgan fingerprint density at radius 1 is 1.23 bits per heavy atom. The van der Waals surface area contributed by atoms with Gasteiger partial charge in [0.05, 0.1) is 18.4 Å². The Balaban J connectivity index is 2.96. The Hall–Kier alpha value is -2.44. The van der Waals surface area contributed by atoms with Gasteiger partial charge in [-0.25, -0.2) is 9.59 Å². The fourth-order valence-corrected chi connectivity index (χ4v) is 1.61. The molecule has 0 fully saturated rings. The maximum Gasteiger partial charge on any atom is 0.408 e. The van der Waals surface area contributed by atoms with E-state index in [1.165, 1.54) is 32.4 Å². The molecule has 0 bridgehead atoms. The first-order valence-electron chi connectivity index (χ1n) is 6.63. The Labute approximate surface area is 129 Å². The number of amides is 1. The van der Waals surface area contributed by atoms with Crippen LogP contribution in [0.25, 0.3) is 0 Å². The van der Waals surface area contributed by atoms with Gasteiger partial charge in [-0.15, -0.1) is 0 Å². The summed E-state index contributed by atoms with van der Waals surface area (Å²) in [6.45, 7) is 6.64. The highest BCUT2D eigenvalue weighted by atomic mass is 16.6. The number of rotatable bonds is 4. The summed E-state index contributed by atoms with van der Waals surface area (Å²) in [6, 6.07) is 2.94. The number of esters is 1. The first-order chi connectivity index (χ1) is 10.1. The van der Waals surface area contributed by atoms with Crippen LogP contribution < -0.4 is 5.32 Å². The Morgan fingerprint density at radius 3 is 2.27 bits per heavy atom. The lowest BCUT2D eigenvalue weighted by Crippen LogP contribution is -2.47. The van der Waals surface area contributed by atoms with Crippen molar-refractivity contribution in [2.75, 3.05) is 7.11 Å². The van der Waals surface area contributed by atoms with Crippen LogP contribution in [-0.2, 0) is 19.8 Å². The number of nitrogens with one attached hydrogen (secondary N) is 1. The molecule has 1 atom stereocenters. The van der Waals surface area contributed by atoms with Crippen molar-refractivity contribution in [3.63, 3.8) is 0 Å². The van der Waals surface area contributed by atoms with E-state index in [-0.39, 0.29) is 11.3 Å². The van der Waals surface area contributed by atoms with Gasteiger partial charge in [0, 0.05) is 6.20 Å². The summed E-state index contributed by atoms with van der Waals surface area (Å²) < 4.78 is 9.69. The second kappa shape index (κ2) is 6.55. The quantitative estimate of drug-likeness (QED) is 0.673. The predicted octanol–water partition coefficient (Wildman–Crippen LogP) is 1.81. The molecule has 1 aromatic heterocycles. The standard InChI is InChI=1S/C15H20N2O5/c1-14(2,3)22-13(20)17-15(4,9-18)11-7-6-10(8-16-11)12(19)21-5/h6-9H,1-5H3,(H,17,20). The van der Waals surface area contributed by atoms with Crippen molar-refractivity contribution in [2.45, 2.75) is 38.8 Å². The molecule has 1 heterocycles. The molecule has 1 rings (SSSR count). The van der Waals surface area contributed by atoms with Gasteiger partial charge in [0.1, 0.15) is 11.1 Å². The fraction of sp³-hybridized carbons (Fsp3) is 0.467. The van der Waals surface area contributed by atoms with Gasteiger partial charge in [-0.3, -0.25) is 4.98 Å². The van der Waals surface area contributed by atoms with E-state index in [0.717, 1.165) is 0 Å². The largest absolute Gasteiger partial charge is 0.465 e. The van der Waals surface area contributed by atoms with Crippen LogP contribution in [0.5, 0.6) is 0 Å². The summed E-state index contributed by atoms with van der Waals surface area (Å²) in [5.41, 5.74) is -1.52. The van der Waals surface area contributed by atoms with Crippen molar-refractivity contribution in [2.24, 2.45) is 0 Å². The summed E-state index contributed by atoms with van der Waals surface area (Å²) in [6.07, 6.45) is 1.09. The molecule has 0 aliphatic rings. The van der Waals surface area contributed by atoms with Crippen molar-refractivity contribution in [1.82, 2.24) is 10.3 Å². The molecular formula is C15H20N2O5. The maximum atomic E-state index is 11.8. The molecule has 120 valence electrons. The normalized spacial score (nSPS) is 13.7. The van der Waals surface area contributed by atoms with Crippen molar-refractivity contribution in [3.05, 3.63) is 29.6 Å². The van der Waals surface area contributed by atoms with E-state index in [4.69, 9.17) is 4.74 Å². The number of aromatic nitrogens is 1. The number of pyridine rings is 1. The van der Waals surface area contributed by atoms with Gasteiger partial charge in [-0.1, -0.05) is 0 Å². The topological polar surface area (TPSA) is 94.6 Å². The van der Waals surface area contributed by atoms with Crippen LogP contribution in [0, 0.1) is 0 Å². The summed E-state index contributed by atoms with van der Waals surface area (Å²) in [7, 11) is 1.26. The Bertz CT molecular complexity index is 562. The molecule has 1 N–H and O–H groups in total. The second-order valence-corrected chi connectivity index (χ2v) is 5.87. The lowest BCUT2D eigenvalue weighted by molar-refractivity contribution is -0.113. The molecule has 1 unspecified atom stereocenters. The molecule has 22 heavy (non-hydrogen) atoms. The monoisotopic (exact) mass is 308 g/mol. The molecule has 0 aliphatic heterocycles. The van der Waals surface area contributed by atoms with Crippen molar-refractivity contribution >= 4 is 18.3 Å². The van der Waals surface area contributed by atoms with Crippen LogP contribution in [0.2, 0.25) is 0 Å². The molecule has 0 aromatic carbocycles. The first-order valence-corrected chi connectivity index (χ1v) is 6.63. The zero-order chi connectivity index (χ0) is 17.0. The number of alkyl carbamates (subject to hydrolysis) is 1. The number of carbonyl (C=O) groups excluding carboxylic acids is 3. The molecule has 1 amide bonds. The first kappa shape index (κ1) is 17.6. The molecule has 1 aromatic rings. The third-order valence-electron chi connectivity index (χ3n) is 2.71. The average Bonchev–Trinajstić information content (AvgIpc) is 2.44. The minimum atomic E-state index is -1.36. The zero-order valence-corrected chi connectivity index (χ0v) is 13.3. The molecule has 0 radical (unpaired) electrons. The highest BCUT2D eigenvalue weighted by Crippen LogP contribution is 2.18. The minimum Gasteiger partial charge on any atom is -0.465 e. The minimum absolute atomic E-state index is 0.247. The fourth-order valence-electron chi connectivity index (χ4n) is 1.61. The van der Waals surface area contributed by atoms with Gasteiger partial charge in [0.15, 0.2) is 6.29 Å². The molecular weight excluding hydrogens is 288 g/mol. The number of aldehydes is 1. The third-order valence-corrected chi connectivity index (χ3v) is 2.71. The number of methoxy groups -OCH3 is 1. The highest BCUT2D eigenvalue weighted by molar-refractivity contribution is 5.89. The van der Waals surface area contributed by atoms with Crippen LogP contribution in [0.15, 0.2) is 18.3 Å². The molecule has 0 saturated heterocycles. The van der Waals surface area contributed by atoms with Gasteiger partial charge >= 0.3 is 12.1 Å². The molecule has 0 spiro atoms. The van der Waals surface area contributed by atoms with Crippen molar-refractivity contribution < 1.29 is 23.9 Å². The average molecular weight is 308 g/mol. The molecule has 0 aliphatic carbocycles. The summed E-state index contributed by atoms with van der Waals surface area (Å²) in [5, 5.41) is 2.47. The van der Waals surface area contributed by atoms with Gasteiger partial charge in [0.25, 0.3) is 0 Å². The molecule has 7 nitrogen and oxygen atoms in total. The van der Waals surface area contributed by atoms with Crippen molar-refractivity contribution in [3.8, 4) is 0 Å². The maximum absolute atomic E-state index is 11.8. The smallest absolute Gasteiger partial charge is 0.408 e. The SMILES string of the molecule is COC(=O)c1ccc(C(C)(C=O)NC(=O)OC(C)(C)C)nc1. The van der Waals surface area contributed by atoms with E-state index in [1.54, 1.807) is 20.8 Å². The van der Waals surface area contributed by atoms with Crippen LogP contribution in [0.3, 0.4) is 0 Å². The van der Waals surface area contributed by atoms with E-state index in [1.807, 2.05) is 0 Å². The zero-order valence-electron chi connectivity index (χ0n) is 13.3. The number of ether oxygens (including phenoxy) is 2. The van der Waals surface area contributed by atoms with Crippen LogP contribution >= 0.6 is 0 Å². The van der Waals surface area contributed by atoms with E-state index in [0.29, 0.717) is 6.29 Å². The van der Waals surface area contributed by atoms with E-state index in [2.05, 4.69) is 15.0 Å². The Morgan fingerprint density at radius 2 is 1.86 bits per heavy atom. The van der Waals surface area contributed by atoms with Gasteiger partial charge < -0.3 is 19.6 Å². The summed E-state index contributed by atoms with van der Waals surface area (Å²) in [4.78, 5) is 38.6. The van der Waals surface area contributed by atoms with Gasteiger partial charge in [-0.05, 0) is 39.8 Å². The van der Waals surface area contributed by atoms with Crippen LogP contribution in [0.4, 0.5) is 4.79 Å². The lowest BCUT2D eigenvalue weighted by atomic mass is 9.99. The Kier molecular flexibility index (Phi) is 5.24. The van der Waals surface area contributed by atoms with Crippen LogP contribution in [-0.4, -0.2) is 36.0 Å². The van der Waals surface area contributed by atoms with E-state index in [9.17, 15) is 14.4 Å². The second-order valence-electron chi connectivity index (χ2n) is 5.87. The summed E-state index contributed by atoms with van der Waals surface area (Å²) in [5.74, 6) is -0.535. The molecule has 7 heteroatoms. The van der Waals surface area contributed by atoms with Crippen LogP contribution in [0.1, 0.15) is 43.7 Å². The van der Waals surface area contributed by atoms with Crippen molar-refractivity contribution in [1.29, 1.82) is 0 Å². The van der Waals surface area contributed by atoms with E-state index < -0.39 is 23.2 Å². The lowest BCUT2D eigenvalue weighted by Gasteiger charge is -2.27. The third kappa shape index (κ3) is 4.54. The number of hydrogen-bond acceptors (Lipinski definition) is 6. The highest BCUT2D eigenvalue weighted by Gasteiger charge is 2.32. The number of nitrogens with zero attached hydrogens (tertiary/aromatic N) is 1. The predicted molar refractivity (Wildman–Crippen MR) is 78.4 cm³/mol. The summed E-state index contributed by atoms with van der Waals surface area (Å²) >= 11 is 0. The van der Waals surface area contributed by atoms with E-state index >= 15 is 0 Å². The number of hydrogen-bond donors (Lipinski definition) is 1. The number of carbonyl (C=O) groups is 3. The molecule has 0 saturated carbocycles. The van der Waals surface area contributed by atoms with Gasteiger partial charge in [0.2, 0.25) is 0 Å².